The molecule has 33 heavy (non-hydrogen) atoms. The number of hydrogen-bond acceptors (Lipinski definition) is 5. The first-order valence-electron chi connectivity index (χ1n) is 11.3. The molecule has 0 aromatic heterocycles. The van der Waals surface area contributed by atoms with Gasteiger partial charge in [0.15, 0.2) is 0 Å². The predicted octanol–water partition coefficient (Wildman–Crippen LogP) is 3.81. The van der Waals surface area contributed by atoms with Gasteiger partial charge in [-0.15, -0.1) is 0 Å². The third kappa shape index (κ3) is 4.13. The van der Waals surface area contributed by atoms with Crippen molar-refractivity contribution in [3.8, 4) is 11.5 Å². The number of hydrogen-bond donors (Lipinski definition) is 1. The van der Waals surface area contributed by atoms with E-state index in [1.807, 2.05) is 26.8 Å². The van der Waals surface area contributed by atoms with Gasteiger partial charge in [0.05, 0.1) is 30.2 Å². The molecule has 0 bridgehead atoms. The Hall–Kier alpha value is -3.55. The van der Waals surface area contributed by atoms with Crippen molar-refractivity contribution >= 4 is 29.1 Å². The van der Waals surface area contributed by atoms with Gasteiger partial charge in [0.25, 0.3) is 5.91 Å². The molecule has 4 rings (SSSR count). The SMILES string of the molecule is CCOc1ccc(OCC)c(NC(=O)CCN2C(=O)c3ccccc3N3C(=O)CCC23C)c1. The molecule has 8 heteroatoms. The van der Waals surface area contributed by atoms with Crippen LogP contribution in [-0.2, 0) is 9.59 Å². The van der Waals surface area contributed by atoms with Crippen molar-refractivity contribution in [2.75, 3.05) is 30.0 Å². The molecule has 0 saturated carbocycles. The van der Waals surface area contributed by atoms with Gasteiger partial charge in [-0.05, 0) is 51.5 Å². The van der Waals surface area contributed by atoms with Crippen LogP contribution in [0.4, 0.5) is 11.4 Å². The van der Waals surface area contributed by atoms with Gasteiger partial charge in [0.2, 0.25) is 11.8 Å². The van der Waals surface area contributed by atoms with Gasteiger partial charge in [-0.2, -0.15) is 0 Å². The quantitative estimate of drug-likeness (QED) is 0.659. The van der Waals surface area contributed by atoms with Crippen molar-refractivity contribution < 1.29 is 23.9 Å². The standard InChI is InChI=1S/C25H29N3O5/c1-4-32-17-10-11-21(33-5-2)19(16-17)26-22(29)13-15-27-24(31)18-8-6-7-9-20(18)28-23(30)12-14-25(27,28)3/h6-11,16H,4-5,12-15H2,1-3H3,(H,26,29). The van der Waals surface area contributed by atoms with Crippen molar-refractivity contribution in [1.29, 1.82) is 0 Å². The molecule has 0 aliphatic carbocycles. The number of ether oxygens (including phenoxy) is 2. The van der Waals surface area contributed by atoms with E-state index in [0.717, 1.165) is 0 Å². The van der Waals surface area contributed by atoms with E-state index in [9.17, 15) is 14.4 Å². The number of fused-ring (bicyclic) bond motifs is 3. The van der Waals surface area contributed by atoms with Crippen LogP contribution in [0.15, 0.2) is 42.5 Å². The summed E-state index contributed by atoms with van der Waals surface area (Å²) in [5.74, 6) is 0.750. The summed E-state index contributed by atoms with van der Waals surface area (Å²) in [7, 11) is 0. The molecule has 1 unspecified atom stereocenters. The number of nitrogens with one attached hydrogen (secondary N) is 1. The first-order chi connectivity index (χ1) is 15.9. The smallest absolute Gasteiger partial charge is 0.257 e. The van der Waals surface area contributed by atoms with E-state index >= 15 is 0 Å². The lowest BCUT2D eigenvalue weighted by Crippen LogP contribution is -2.62. The lowest BCUT2D eigenvalue weighted by atomic mass is 9.98. The van der Waals surface area contributed by atoms with E-state index in [1.165, 1.54) is 0 Å². The predicted molar refractivity (Wildman–Crippen MR) is 125 cm³/mol. The van der Waals surface area contributed by atoms with Gasteiger partial charge < -0.3 is 19.7 Å². The highest BCUT2D eigenvalue weighted by Crippen LogP contribution is 2.44. The zero-order chi connectivity index (χ0) is 23.6. The molecule has 0 spiro atoms. The molecule has 1 fully saturated rings. The van der Waals surface area contributed by atoms with Gasteiger partial charge in [0.1, 0.15) is 17.2 Å². The lowest BCUT2D eigenvalue weighted by Gasteiger charge is -2.48. The second-order valence-electron chi connectivity index (χ2n) is 8.24. The zero-order valence-electron chi connectivity index (χ0n) is 19.2. The summed E-state index contributed by atoms with van der Waals surface area (Å²) in [6.07, 6.45) is 0.969. The molecular formula is C25H29N3O5. The van der Waals surface area contributed by atoms with E-state index in [0.29, 0.717) is 54.5 Å². The van der Waals surface area contributed by atoms with Crippen LogP contribution in [0.25, 0.3) is 0 Å². The Labute approximate surface area is 193 Å². The summed E-state index contributed by atoms with van der Waals surface area (Å²) >= 11 is 0. The van der Waals surface area contributed by atoms with E-state index in [1.54, 1.807) is 46.2 Å². The second-order valence-corrected chi connectivity index (χ2v) is 8.24. The summed E-state index contributed by atoms with van der Waals surface area (Å²) in [5, 5.41) is 2.89. The fourth-order valence-electron chi connectivity index (χ4n) is 4.61. The number of amides is 3. The van der Waals surface area contributed by atoms with Crippen LogP contribution in [0.2, 0.25) is 0 Å². The molecule has 2 aliphatic rings. The number of carbonyl (C=O) groups excluding carboxylic acids is 3. The minimum Gasteiger partial charge on any atom is -0.494 e. The van der Waals surface area contributed by atoms with Gasteiger partial charge in [0, 0.05) is 25.5 Å². The van der Waals surface area contributed by atoms with Crippen molar-refractivity contribution in [2.24, 2.45) is 0 Å². The fourth-order valence-corrected chi connectivity index (χ4v) is 4.61. The molecule has 3 amide bonds. The minimum atomic E-state index is -0.784. The van der Waals surface area contributed by atoms with Gasteiger partial charge in [-0.3, -0.25) is 19.3 Å². The Morgan fingerprint density at radius 1 is 1.09 bits per heavy atom. The number of nitrogens with zero attached hydrogens (tertiary/aromatic N) is 2. The molecule has 8 nitrogen and oxygen atoms in total. The van der Waals surface area contributed by atoms with Gasteiger partial charge in [-0.25, -0.2) is 0 Å². The summed E-state index contributed by atoms with van der Waals surface area (Å²) in [6.45, 7) is 6.81. The minimum absolute atomic E-state index is 0.0130. The molecule has 0 radical (unpaired) electrons. The van der Waals surface area contributed by atoms with Crippen molar-refractivity contribution in [2.45, 2.75) is 45.7 Å². The normalized spacial score (nSPS) is 19.2. The molecule has 1 N–H and O–H groups in total. The largest absolute Gasteiger partial charge is 0.494 e. The van der Waals surface area contributed by atoms with Crippen LogP contribution >= 0.6 is 0 Å². The van der Waals surface area contributed by atoms with Gasteiger partial charge >= 0.3 is 0 Å². The maximum atomic E-state index is 13.3. The second kappa shape index (κ2) is 9.13. The highest BCUT2D eigenvalue weighted by molar-refractivity contribution is 6.10. The Kier molecular flexibility index (Phi) is 6.26. The summed E-state index contributed by atoms with van der Waals surface area (Å²) in [5.41, 5.74) is 0.858. The Morgan fingerprint density at radius 2 is 1.85 bits per heavy atom. The number of carbonyl (C=O) groups is 3. The lowest BCUT2D eigenvalue weighted by molar-refractivity contribution is -0.117. The molecule has 2 heterocycles. The van der Waals surface area contributed by atoms with E-state index in [-0.39, 0.29) is 30.7 Å². The molecule has 2 aromatic rings. The topological polar surface area (TPSA) is 88.2 Å². The van der Waals surface area contributed by atoms with E-state index in [4.69, 9.17) is 9.47 Å². The fraction of sp³-hybridized carbons (Fsp3) is 0.400. The Balaban J connectivity index is 1.52. The molecule has 2 aliphatic heterocycles. The van der Waals surface area contributed by atoms with Crippen LogP contribution < -0.4 is 19.7 Å². The summed E-state index contributed by atoms with van der Waals surface area (Å²) in [6, 6.07) is 12.4. The average Bonchev–Trinajstić information content (AvgIpc) is 3.11. The van der Waals surface area contributed by atoms with E-state index < -0.39 is 5.66 Å². The highest BCUT2D eigenvalue weighted by Gasteiger charge is 2.52. The van der Waals surface area contributed by atoms with Crippen LogP contribution in [0, 0.1) is 0 Å². The first kappa shape index (κ1) is 22.6. The van der Waals surface area contributed by atoms with Crippen LogP contribution in [0.1, 0.15) is 50.4 Å². The highest BCUT2D eigenvalue weighted by atomic mass is 16.5. The molecule has 174 valence electrons. The third-order valence-corrected chi connectivity index (χ3v) is 6.14. The summed E-state index contributed by atoms with van der Waals surface area (Å²) < 4.78 is 11.2. The number of benzene rings is 2. The van der Waals surface area contributed by atoms with Crippen molar-refractivity contribution in [3.63, 3.8) is 0 Å². The van der Waals surface area contributed by atoms with Crippen molar-refractivity contribution in [3.05, 3.63) is 48.0 Å². The van der Waals surface area contributed by atoms with E-state index in [2.05, 4.69) is 5.32 Å². The molecule has 1 atom stereocenters. The first-order valence-corrected chi connectivity index (χ1v) is 11.3. The third-order valence-electron chi connectivity index (χ3n) is 6.14. The number of para-hydroxylation sites is 1. The molecule has 1 saturated heterocycles. The maximum absolute atomic E-state index is 13.3. The summed E-state index contributed by atoms with van der Waals surface area (Å²) in [4.78, 5) is 42.2. The van der Waals surface area contributed by atoms with Crippen molar-refractivity contribution in [1.82, 2.24) is 4.90 Å². The Morgan fingerprint density at radius 3 is 2.61 bits per heavy atom. The number of anilines is 2. The average molecular weight is 452 g/mol. The maximum Gasteiger partial charge on any atom is 0.257 e. The van der Waals surface area contributed by atoms with Crippen LogP contribution in [0.5, 0.6) is 11.5 Å². The number of rotatable bonds is 8. The van der Waals surface area contributed by atoms with Gasteiger partial charge in [-0.1, -0.05) is 12.1 Å². The molecular weight excluding hydrogens is 422 g/mol. The van der Waals surface area contributed by atoms with Crippen LogP contribution in [-0.4, -0.2) is 48.0 Å². The molecule has 2 aromatic carbocycles. The monoisotopic (exact) mass is 451 g/mol. The zero-order valence-corrected chi connectivity index (χ0v) is 19.2. The van der Waals surface area contributed by atoms with Crippen LogP contribution in [0.3, 0.4) is 0 Å². The Bertz CT molecular complexity index is 1090.